The molecule has 0 saturated carbocycles. The molecule has 1 aromatic carbocycles. The van der Waals surface area contributed by atoms with Crippen LogP contribution in [-0.2, 0) is 10.0 Å². The fraction of sp³-hybridized carbons (Fsp3) is 0.474. The Bertz CT molecular complexity index is 921. The van der Waals surface area contributed by atoms with Crippen LogP contribution in [0, 0.1) is 23.0 Å². The normalized spacial score (nSPS) is 17.5. The van der Waals surface area contributed by atoms with Crippen LogP contribution in [0.25, 0.3) is 0 Å². The first-order valence-electron chi connectivity index (χ1n) is 9.30. The molecule has 1 fully saturated rings. The lowest BCUT2D eigenvalue weighted by Gasteiger charge is -2.36. The smallest absolute Gasteiger partial charge is 0.289 e. The second kappa shape index (κ2) is 8.69. The maximum atomic E-state index is 13.0. The Labute approximate surface area is 169 Å². The van der Waals surface area contributed by atoms with Gasteiger partial charge in [-0.3, -0.25) is 15.0 Å². The van der Waals surface area contributed by atoms with Crippen molar-refractivity contribution >= 4 is 27.0 Å². The minimum Gasteiger partial charge on any atom is -0.294 e. The Morgan fingerprint density at radius 2 is 2.00 bits per heavy atom. The van der Waals surface area contributed by atoms with Gasteiger partial charge in [-0.2, -0.15) is 0 Å². The van der Waals surface area contributed by atoms with Crippen molar-refractivity contribution in [1.29, 1.82) is 0 Å². The lowest BCUT2D eigenvalue weighted by Crippen LogP contribution is -2.41. The van der Waals surface area contributed by atoms with E-state index in [1.807, 2.05) is 17.5 Å². The Balaban J connectivity index is 1.84. The van der Waals surface area contributed by atoms with Crippen LogP contribution in [0.2, 0.25) is 0 Å². The lowest BCUT2D eigenvalue weighted by atomic mass is 9.97. The molecule has 1 atom stereocenters. The van der Waals surface area contributed by atoms with Crippen LogP contribution in [0.15, 0.2) is 40.6 Å². The largest absolute Gasteiger partial charge is 0.294 e. The summed E-state index contributed by atoms with van der Waals surface area (Å²) in [4.78, 5) is 13.8. The van der Waals surface area contributed by atoms with Crippen molar-refractivity contribution in [3.63, 3.8) is 0 Å². The Hall–Kier alpha value is -1.81. The van der Waals surface area contributed by atoms with Crippen molar-refractivity contribution in [3.8, 4) is 0 Å². The highest BCUT2D eigenvalue weighted by molar-refractivity contribution is 7.89. The molecule has 1 unspecified atom stereocenters. The number of nitrogens with zero attached hydrogens (tertiary/aromatic N) is 2. The number of rotatable bonds is 7. The number of likely N-dealkylation sites (tertiary alicyclic amines) is 1. The SMILES string of the molecule is Cc1cccc([N+](=O)[O-])c1S(=O)(=O)NCC(c1cccs1)N1CCC(C)CC1. The van der Waals surface area contributed by atoms with Gasteiger partial charge in [-0.15, -0.1) is 11.3 Å². The molecule has 1 aromatic heterocycles. The minimum atomic E-state index is -4.02. The quantitative estimate of drug-likeness (QED) is 0.541. The van der Waals surface area contributed by atoms with E-state index < -0.39 is 20.6 Å². The van der Waals surface area contributed by atoms with E-state index in [1.165, 1.54) is 12.1 Å². The van der Waals surface area contributed by atoms with Crippen molar-refractivity contribution in [3.05, 3.63) is 56.3 Å². The van der Waals surface area contributed by atoms with Gasteiger partial charge in [0.25, 0.3) is 5.69 Å². The maximum Gasteiger partial charge on any atom is 0.289 e. The van der Waals surface area contributed by atoms with Crippen molar-refractivity contribution in [2.24, 2.45) is 5.92 Å². The van der Waals surface area contributed by atoms with E-state index in [9.17, 15) is 18.5 Å². The third-order valence-corrected chi connectivity index (χ3v) is 7.84. The summed E-state index contributed by atoms with van der Waals surface area (Å²) in [5.74, 6) is 0.673. The summed E-state index contributed by atoms with van der Waals surface area (Å²) in [6.07, 6.45) is 2.16. The topological polar surface area (TPSA) is 92.5 Å². The number of nitrogens with one attached hydrogen (secondary N) is 1. The van der Waals surface area contributed by atoms with Crippen LogP contribution >= 0.6 is 11.3 Å². The first-order valence-corrected chi connectivity index (χ1v) is 11.7. The molecule has 3 rings (SSSR count). The molecule has 0 aliphatic carbocycles. The molecule has 152 valence electrons. The second-order valence-corrected chi connectivity index (χ2v) is 9.96. The van der Waals surface area contributed by atoms with E-state index in [0.29, 0.717) is 11.5 Å². The molecular weight excluding hydrogens is 398 g/mol. The van der Waals surface area contributed by atoms with E-state index in [0.717, 1.165) is 30.8 Å². The molecule has 0 bridgehead atoms. The summed E-state index contributed by atoms with van der Waals surface area (Å²) in [6, 6.07) is 8.19. The van der Waals surface area contributed by atoms with Gasteiger partial charge in [0.1, 0.15) is 0 Å². The number of nitro benzene ring substituents is 1. The molecule has 2 heterocycles. The van der Waals surface area contributed by atoms with E-state index >= 15 is 0 Å². The standard InChI is InChI=1S/C19H25N3O4S2/c1-14-8-10-21(11-9-14)17(18-7-4-12-27-18)13-20-28(25,26)19-15(2)5-3-6-16(19)22(23)24/h3-7,12,14,17,20H,8-11,13H2,1-2H3. The molecule has 1 aliphatic rings. The van der Waals surface area contributed by atoms with Gasteiger partial charge in [0, 0.05) is 17.5 Å². The maximum absolute atomic E-state index is 13.0. The third-order valence-electron chi connectivity index (χ3n) is 5.25. The van der Waals surface area contributed by atoms with E-state index in [2.05, 4.69) is 16.5 Å². The molecule has 28 heavy (non-hydrogen) atoms. The predicted molar refractivity (Wildman–Crippen MR) is 110 cm³/mol. The monoisotopic (exact) mass is 423 g/mol. The summed E-state index contributed by atoms with van der Waals surface area (Å²) in [7, 11) is -4.02. The van der Waals surface area contributed by atoms with E-state index in [-0.39, 0.29) is 17.5 Å². The van der Waals surface area contributed by atoms with Crippen LogP contribution in [0.5, 0.6) is 0 Å². The number of nitro groups is 1. The first kappa shape index (κ1) is 20.9. The van der Waals surface area contributed by atoms with Crippen molar-refractivity contribution in [1.82, 2.24) is 9.62 Å². The Morgan fingerprint density at radius 1 is 1.29 bits per heavy atom. The molecule has 1 saturated heterocycles. The van der Waals surface area contributed by atoms with Gasteiger partial charge in [-0.05, 0) is 55.8 Å². The van der Waals surface area contributed by atoms with Gasteiger partial charge in [-0.25, -0.2) is 13.1 Å². The number of hydrogen-bond donors (Lipinski definition) is 1. The van der Waals surface area contributed by atoms with Crippen LogP contribution < -0.4 is 4.72 Å². The minimum absolute atomic E-state index is 0.0784. The van der Waals surface area contributed by atoms with E-state index in [1.54, 1.807) is 24.3 Å². The number of thiophene rings is 1. The number of benzene rings is 1. The highest BCUT2D eigenvalue weighted by atomic mass is 32.2. The summed E-state index contributed by atoms with van der Waals surface area (Å²) in [6.45, 7) is 5.82. The van der Waals surface area contributed by atoms with Crippen molar-refractivity contribution in [2.75, 3.05) is 19.6 Å². The molecule has 1 N–H and O–H groups in total. The highest BCUT2D eigenvalue weighted by Gasteiger charge is 2.31. The van der Waals surface area contributed by atoms with Crippen LogP contribution in [0.3, 0.4) is 0 Å². The second-order valence-electron chi connectivity index (χ2n) is 7.28. The number of piperidine rings is 1. The van der Waals surface area contributed by atoms with Gasteiger partial charge >= 0.3 is 0 Å². The molecule has 0 spiro atoms. The summed E-state index contributed by atoms with van der Waals surface area (Å²) in [5.41, 5.74) is -0.0341. The fourth-order valence-corrected chi connectivity index (χ4v) is 5.91. The van der Waals surface area contributed by atoms with Gasteiger partial charge in [0.05, 0.1) is 11.0 Å². The molecule has 9 heteroatoms. The van der Waals surface area contributed by atoms with Crippen LogP contribution in [0.4, 0.5) is 5.69 Å². The van der Waals surface area contributed by atoms with Crippen LogP contribution in [0.1, 0.15) is 36.2 Å². The molecule has 0 radical (unpaired) electrons. The summed E-state index contributed by atoms with van der Waals surface area (Å²) in [5, 5.41) is 13.3. The molecule has 2 aromatic rings. The number of hydrogen-bond acceptors (Lipinski definition) is 6. The number of aryl methyl sites for hydroxylation is 1. The van der Waals surface area contributed by atoms with E-state index in [4.69, 9.17) is 0 Å². The van der Waals surface area contributed by atoms with Gasteiger partial charge in [0.15, 0.2) is 4.90 Å². The van der Waals surface area contributed by atoms with Gasteiger partial charge in [-0.1, -0.05) is 25.1 Å². The summed E-state index contributed by atoms with van der Waals surface area (Å²) < 4.78 is 28.6. The fourth-order valence-electron chi connectivity index (χ4n) is 3.62. The van der Waals surface area contributed by atoms with Crippen LogP contribution in [-0.4, -0.2) is 37.9 Å². The summed E-state index contributed by atoms with van der Waals surface area (Å²) >= 11 is 1.60. The van der Waals surface area contributed by atoms with Crippen molar-refractivity contribution in [2.45, 2.75) is 37.6 Å². The average molecular weight is 424 g/mol. The van der Waals surface area contributed by atoms with Gasteiger partial charge < -0.3 is 0 Å². The van der Waals surface area contributed by atoms with Gasteiger partial charge in [0.2, 0.25) is 10.0 Å². The highest BCUT2D eigenvalue weighted by Crippen LogP contribution is 2.31. The molecule has 1 aliphatic heterocycles. The zero-order valence-corrected chi connectivity index (χ0v) is 17.6. The zero-order valence-electron chi connectivity index (χ0n) is 16.0. The Kier molecular flexibility index (Phi) is 6.49. The number of sulfonamides is 1. The third kappa shape index (κ3) is 4.60. The predicted octanol–water partition coefficient (Wildman–Crippen LogP) is 3.72. The zero-order chi connectivity index (χ0) is 20.3. The molecule has 0 amide bonds. The first-order chi connectivity index (χ1) is 13.3. The molecular formula is C19H25N3O4S2. The Morgan fingerprint density at radius 3 is 2.61 bits per heavy atom. The van der Waals surface area contributed by atoms with Crippen molar-refractivity contribution < 1.29 is 13.3 Å². The lowest BCUT2D eigenvalue weighted by molar-refractivity contribution is -0.387. The molecule has 7 nitrogen and oxygen atoms in total. The average Bonchev–Trinajstić information content (AvgIpc) is 3.17.